The van der Waals surface area contributed by atoms with Crippen LogP contribution in [-0.4, -0.2) is 16.4 Å². The summed E-state index contributed by atoms with van der Waals surface area (Å²) >= 11 is 0. The Bertz CT molecular complexity index is 454. The molecule has 68 valence electrons. The minimum Gasteiger partial charge on any atom is -0.381 e. The summed E-state index contributed by atoms with van der Waals surface area (Å²) in [6.07, 6.45) is 0.336. The van der Waals surface area contributed by atoms with Crippen LogP contribution in [0.5, 0.6) is 0 Å². The molecule has 0 saturated heterocycles. The number of rotatable bonds is 2. The molecule has 7 heteroatoms. The second-order valence-corrected chi connectivity index (χ2v) is 2.14. The van der Waals surface area contributed by atoms with Crippen molar-refractivity contribution >= 4 is 18.0 Å². The lowest BCUT2D eigenvalue weighted by atomic mass is 10.3. The minimum atomic E-state index is -0.138. The Kier molecular flexibility index (Phi) is 2.57. The van der Waals surface area contributed by atoms with E-state index in [1.165, 1.54) is 0 Å². The molecule has 0 fully saturated rings. The van der Waals surface area contributed by atoms with Crippen molar-refractivity contribution in [1.82, 2.24) is 9.97 Å². The molecule has 0 atom stereocenters. The van der Waals surface area contributed by atoms with E-state index < -0.39 is 0 Å². The lowest BCUT2D eigenvalue weighted by Crippen LogP contribution is -2.07. The maximum Gasteiger partial charge on any atom is 0.212 e. The molecule has 3 N–H and O–H groups in total. The SMILES string of the molecule is N#Cc1nc(NC=O)c(C#N)nc1N. The first-order valence-corrected chi connectivity index (χ1v) is 3.40. The Morgan fingerprint density at radius 2 is 1.93 bits per heavy atom. The normalized spacial score (nSPS) is 8.43. The van der Waals surface area contributed by atoms with E-state index >= 15 is 0 Å². The Morgan fingerprint density at radius 3 is 2.43 bits per heavy atom. The summed E-state index contributed by atoms with van der Waals surface area (Å²) in [4.78, 5) is 17.4. The van der Waals surface area contributed by atoms with Crippen molar-refractivity contribution in [1.29, 1.82) is 10.5 Å². The van der Waals surface area contributed by atoms with Gasteiger partial charge in [0.2, 0.25) is 6.41 Å². The van der Waals surface area contributed by atoms with Gasteiger partial charge < -0.3 is 11.1 Å². The number of nitrogens with one attached hydrogen (secondary N) is 1. The van der Waals surface area contributed by atoms with Gasteiger partial charge in [0.1, 0.15) is 12.1 Å². The van der Waals surface area contributed by atoms with Crippen molar-refractivity contribution < 1.29 is 4.79 Å². The maximum absolute atomic E-state index is 10.1. The number of carbonyl (C=O) groups excluding carboxylic acids is 1. The molecule has 0 aliphatic rings. The Hall–Kier alpha value is -2.67. The molecular formula is C7H4N6O. The topological polar surface area (TPSA) is 128 Å². The van der Waals surface area contributed by atoms with E-state index in [0.717, 1.165) is 0 Å². The van der Waals surface area contributed by atoms with Gasteiger partial charge in [-0.05, 0) is 0 Å². The quantitative estimate of drug-likeness (QED) is 0.594. The summed E-state index contributed by atoms with van der Waals surface area (Å²) < 4.78 is 0. The van der Waals surface area contributed by atoms with Crippen LogP contribution in [0.2, 0.25) is 0 Å². The number of nitrogen functional groups attached to an aromatic ring is 1. The van der Waals surface area contributed by atoms with E-state index in [9.17, 15) is 4.79 Å². The monoisotopic (exact) mass is 188 g/mol. The predicted molar refractivity (Wildman–Crippen MR) is 45.6 cm³/mol. The van der Waals surface area contributed by atoms with Crippen LogP contribution in [-0.2, 0) is 4.79 Å². The van der Waals surface area contributed by atoms with Gasteiger partial charge in [-0.15, -0.1) is 0 Å². The highest BCUT2D eigenvalue weighted by Crippen LogP contribution is 2.13. The summed E-state index contributed by atoms with van der Waals surface area (Å²) in [6, 6.07) is 3.37. The van der Waals surface area contributed by atoms with Gasteiger partial charge in [0, 0.05) is 0 Å². The van der Waals surface area contributed by atoms with Crippen LogP contribution in [0, 0.1) is 22.7 Å². The van der Waals surface area contributed by atoms with Crippen LogP contribution in [0.1, 0.15) is 11.4 Å². The van der Waals surface area contributed by atoms with Gasteiger partial charge in [0.25, 0.3) is 0 Å². The first-order chi connectivity index (χ1) is 6.72. The van der Waals surface area contributed by atoms with E-state index in [1.807, 2.05) is 0 Å². The van der Waals surface area contributed by atoms with Crippen LogP contribution in [0.4, 0.5) is 11.6 Å². The summed E-state index contributed by atoms with van der Waals surface area (Å²) in [5.74, 6) is -0.214. The fraction of sp³-hybridized carbons (Fsp3) is 0. The molecule has 0 aliphatic carbocycles. The number of anilines is 2. The molecule has 1 amide bonds. The number of nitriles is 2. The maximum atomic E-state index is 10.1. The van der Waals surface area contributed by atoms with Crippen molar-refractivity contribution in [3.8, 4) is 12.1 Å². The number of nitrogens with two attached hydrogens (primary N) is 1. The number of amides is 1. The van der Waals surface area contributed by atoms with Gasteiger partial charge in [0.05, 0.1) is 0 Å². The average Bonchev–Trinajstić information content (AvgIpc) is 2.20. The summed E-state index contributed by atoms with van der Waals surface area (Å²) in [5, 5.41) is 19.3. The van der Waals surface area contributed by atoms with Crippen LogP contribution in [0.15, 0.2) is 0 Å². The highest BCUT2D eigenvalue weighted by Gasteiger charge is 2.10. The second kappa shape index (κ2) is 3.83. The summed E-state index contributed by atoms with van der Waals surface area (Å²) in [6.45, 7) is 0. The van der Waals surface area contributed by atoms with Crippen molar-refractivity contribution in [3.63, 3.8) is 0 Å². The molecule has 0 radical (unpaired) electrons. The molecule has 1 rings (SSSR count). The zero-order chi connectivity index (χ0) is 10.6. The van der Waals surface area contributed by atoms with E-state index in [2.05, 4.69) is 15.3 Å². The fourth-order valence-corrected chi connectivity index (χ4v) is 0.765. The zero-order valence-corrected chi connectivity index (χ0v) is 6.85. The number of hydrogen-bond donors (Lipinski definition) is 2. The van der Waals surface area contributed by atoms with Crippen LogP contribution in [0.3, 0.4) is 0 Å². The molecule has 1 aromatic heterocycles. The first-order valence-electron chi connectivity index (χ1n) is 3.40. The van der Waals surface area contributed by atoms with E-state index in [-0.39, 0.29) is 23.0 Å². The van der Waals surface area contributed by atoms with Gasteiger partial charge >= 0.3 is 0 Å². The number of aromatic nitrogens is 2. The molecule has 0 aliphatic heterocycles. The average molecular weight is 188 g/mol. The number of carbonyl (C=O) groups is 1. The fourth-order valence-electron chi connectivity index (χ4n) is 0.765. The zero-order valence-electron chi connectivity index (χ0n) is 6.85. The molecule has 0 aromatic carbocycles. The molecule has 0 unspecified atom stereocenters. The highest BCUT2D eigenvalue weighted by atomic mass is 16.1. The van der Waals surface area contributed by atoms with Crippen molar-refractivity contribution in [2.75, 3.05) is 11.1 Å². The van der Waals surface area contributed by atoms with Crippen molar-refractivity contribution in [2.45, 2.75) is 0 Å². The molecule has 14 heavy (non-hydrogen) atoms. The lowest BCUT2D eigenvalue weighted by Gasteiger charge is -2.01. The second-order valence-electron chi connectivity index (χ2n) is 2.14. The van der Waals surface area contributed by atoms with Gasteiger partial charge in [-0.1, -0.05) is 0 Å². The Labute approximate surface area is 78.8 Å². The minimum absolute atomic E-state index is 0.0757. The third-order valence-corrected chi connectivity index (χ3v) is 1.33. The lowest BCUT2D eigenvalue weighted by molar-refractivity contribution is -0.105. The number of nitrogens with zero attached hydrogens (tertiary/aromatic N) is 4. The third kappa shape index (κ3) is 1.57. The van der Waals surface area contributed by atoms with Gasteiger partial charge in [-0.3, -0.25) is 4.79 Å². The predicted octanol–water partition coefficient (Wildman–Crippen LogP) is -0.630. The van der Waals surface area contributed by atoms with Crippen LogP contribution >= 0.6 is 0 Å². The molecule has 7 nitrogen and oxygen atoms in total. The van der Waals surface area contributed by atoms with Crippen LogP contribution in [0.25, 0.3) is 0 Å². The summed E-state index contributed by atoms with van der Waals surface area (Å²) in [5.41, 5.74) is 5.05. The molecule has 1 aromatic rings. The standard InChI is InChI=1S/C7H4N6O/c8-1-4-6(10)12-5(2-9)7(13-4)11-3-14/h3H,(H2,10,12)(H,11,13,14). The molecule has 0 saturated carbocycles. The van der Waals surface area contributed by atoms with E-state index in [0.29, 0.717) is 6.41 Å². The molecule has 0 bridgehead atoms. The van der Waals surface area contributed by atoms with E-state index in [1.54, 1.807) is 12.1 Å². The first kappa shape index (κ1) is 9.42. The Morgan fingerprint density at radius 1 is 1.29 bits per heavy atom. The highest BCUT2D eigenvalue weighted by molar-refractivity contribution is 5.72. The van der Waals surface area contributed by atoms with Gasteiger partial charge in [0.15, 0.2) is 23.0 Å². The van der Waals surface area contributed by atoms with Gasteiger partial charge in [-0.2, -0.15) is 10.5 Å². The van der Waals surface area contributed by atoms with Crippen molar-refractivity contribution in [3.05, 3.63) is 11.4 Å². The summed E-state index contributed by atoms with van der Waals surface area (Å²) in [7, 11) is 0. The Balaban J connectivity index is 3.35. The molecular weight excluding hydrogens is 184 g/mol. The van der Waals surface area contributed by atoms with E-state index in [4.69, 9.17) is 16.3 Å². The van der Waals surface area contributed by atoms with Gasteiger partial charge in [-0.25, -0.2) is 9.97 Å². The largest absolute Gasteiger partial charge is 0.381 e. The smallest absolute Gasteiger partial charge is 0.212 e. The molecule has 0 spiro atoms. The number of hydrogen-bond acceptors (Lipinski definition) is 6. The third-order valence-electron chi connectivity index (χ3n) is 1.33. The van der Waals surface area contributed by atoms with Crippen LogP contribution < -0.4 is 11.1 Å². The van der Waals surface area contributed by atoms with Crippen molar-refractivity contribution in [2.24, 2.45) is 0 Å². The molecule has 1 heterocycles.